The number of phosphoric acid groups is 1. The smallest absolute Gasteiger partial charge is 0.474 e. The number of hydrogen-bond acceptors (Lipinski definition) is 10. The number of rotatable bonds is 14. The first-order valence-corrected chi connectivity index (χ1v) is 15.1. The van der Waals surface area contributed by atoms with E-state index in [-0.39, 0.29) is 19.8 Å². The van der Waals surface area contributed by atoms with Crippen LogP contribution in [0.3, 0.4) is 0 Å². The number of esters is 1. The quantitative estimate of drug-likeness (QED) is 0.0499. The van der Waals surface area contributed by atoms with Gasteiger partial charge in [0.2, 0.25) is 0 Å². The highest BCUT2D eigenvalue weighted by atomic mass is 32.9. The topological polar surface area (TPSA) is 80.3 Å². The first-order chi connectivity index (χ1) is 16.9. The lowest BCUT2D eigenvalue weighted by atomic mass is 10.2. The maximum Gasteiger partial charge on any atom is 0.474 e. The summed E-state index contributed by atoms with van der Waals surface area (Å²) in [6, 6.07) is 16.1. The molecule has 7 nitrogen and oxygen atoms in total. The second kappa shape index (κ2) is 14.0. The molecule has 3 aromatic rings. The Morgan fingerprint density at radius 1 is 0.857 bits per heavy atom. The van der Waals surface area contributed by atoms with E-state index in [4.69, 9.17) is 35.3 Å². The van der Waals surface area contributed by atoms with Crippen LogP contribution in [-0.2, 0) is 18.1 Å². The third-order valence-corrected chi connectivity index (χ3v) is 9.09. The van der Waals surface area contributed by atoms with Gasteiger partial charge in [0.15, 0.2) is 0 Å². The summed E-state index contributed by atoms with van der Waals surface area (Å²) in [7, 11) is -0.285. The van der Waals surface area contributed by atoms with E-state index in [0.29, 0.717) is 36.5 Å². The van der Waals surface area contributed by atoms with Gasteiger partial charge in [-0.15, -0.1) is 0 Å². The fourth-order valence-corrected chi connectivity index (χ4v) is 6.52. The molecule has 0 aliphatic carbocycles. The number of phosphoric ester groups is 1. The van der Waals surface area contributed by atoms with Crippen molar-refractivity contribution < 1.29 is 32.4 Å². The van der Waals surface area contributed by atoms with Crippen LogP contribution in [0.15, 0.2) is 54.6 Å². The van der Waals surface area contributed by atoms with Gasteiger partial charge in [0.05, 0.1) is 32.0 Å². The van der Waals surface area contributed by atoms with Crippen molar-refractivity contribution in [2.24, 2.45) is 0 Å². The zero-order valence-corrected chi connectivity index (χ0v) is 22.8. The Morgan fingerprint density at radius 2 is 1.49 bits per heavy atom. The lowest BCUT2D eigenvalue weighted by Gasteiger charge is -2.16. The maximum atomic E-state index is 12.5. The zero-order chi connectivity index (χ0) is 25.1. The highest BCUT2D eigenvalue weighted by Gasteiger charge is 2.24. The third-order valence-electron chi connectivity index (χ3n) is 4.53. The largest absolute Gasteiger partial charge is 0.494 e. The fraction of sp³-hybridized carbons (Fsp3) is 0.333. The molecule has 0 saturated carbocycles. The van der Waals surface area contributed by atoms with E-state index in [1.165, 1.54) is 0 Å². The van der Waals surface area contributed by atoms with Gasteiger partial charge >= 0.3 is 13.8 Å². The van der Waals surface area contributed by atoms with Crippen LogP contribution in [0.1, 0.15) is 37.0 Å². The summed E-state index contributed by atoms with van der Waals surface area (Å²) >= 11 is 5.18. The van der Waals surface area contributed by atoms with Crippen molar-refractivity contribution in [1.29, 1.82) is 0 Å². The Morgan fingerprint density at radius 3 is 2.09 bits per heavy atom. The Kier molecular flexibility index (Phi) is 11.1. The molecule has 1 aromatic heterocycles. The van der Waals surface area contributed by atoms with Crippen LogP contribution in [0.25, 0.3) is 10.4 Å². The van der Waals surface area contributed by atoms with Crippen LogP contribution in [0.5, 0.6) is 11.5 Å². The van der Waals surface area contributed by atoms with Crippen LogP contribution in [-0.4, -0.2) is 32.4 Å². The number of unbranched alkanes of at least 4 members (excludes halogenated alkanes) is 1. The third kappa shape index (κ3) is 8.91. The van der Waals surface area contributed by atoms with Gasteiger partial charge in [0.25, 0.3) is 0 Å². The number of ether oxygens (including phenoxy) is 2. The molecule has 0 aliphatic heterocycles. The fourth-order valence-electron chi connectivity index (χ4n) is 2.91. The molecular weight excluding hydrogens is 527 g/mol. The number of benzene rings is 2. The molecule has 0 unspecified atom stereocenters. The molecule has 0 radical (unpaired) electrons. The molecule has 0 fully saturated rings. The minimum absolute atomic E-state index is 0.245. The highest BCUT2D eigenvalue weighted by molar-refractivity contribution is 7.80. The zero-order valence-electron chi connectivity index (χ0n) is 19.5. The minimum Gasteiger partial charge on any atom is -0.494 e. The van der Waals surface area contributed by atoms with Gasteiger partial charge in [-0.25, -0.2) is 9.36 Å². The second-order valence-corrected chi connectivity index (χ2v) is 11.7. The number of carbonyl (C=O) groups is 1. The number of hydrogen-bond donors (Lipinski definition) is 0. The average Bonchev–Trinajstić information content (AvgIpc) is 3.28. The molecule has 0 saturated heterocycles. The monoisotopic (exact) mass is 554 g/mol. The molecule has 35 heavy (non-hydrogen) atoms. The van der Waals surface area contributed by atoms with Crippen LogP contribution >= 0.6 is 40.7 Å². The first-order valence-electron chi connectivity index (χ1n) is 11.1. The summed E-state index contributed by atoms with van der Waals surface area (Å²) in [5, 5.41) is 0. The van der Waals surface area contributed by atoms with E-state index < -0.39 is 13.8 Å². The summed E-state index contributed by atoms with van der Waals surface area (Å²) < 4.78 is 39.7. The summed E-state index contributed by atoms with van der Waals surface area (Å²) in [5.41, 5.74) is 1.46. The summed E-state index contributed by atoms with van der Waals surface area (Å²) in [5.74, 6) is 0.665. The Balaban J connectivity index is 1.40. The van der Waals surface area contributed by atoms with E-state index >= 15 is 0 Å². The van der Waals surface area contributed by atoms with E-state index in [9.17, 15) is 9.36 Å². The molecule has 0 spiro atoms. The molecule has 1 heterocycles. The van der Waals surface area contributed by atoms with Gasteiger partial charge in [-0.2, -0.15) is 0 Å². The van der Waals surface area contributed by atoms with Crippen molar-refractivity contribution in [3.05, 3.63) is 64.0 Å². The van der Waals surface area contributed by atoms with E-state index in [1.807, 2.05) is 18.2 Å². The first kappa shape index (κ1) is 27.7. The van der Waals surface area contributed by atoms with Crippen molar-refractivity contribution in [3.63, 3.8) is 0 Å². The standard InChI is InChI=1S/C24H27O7PS3/c1-3-28-32(26,29-4-2)30-16-6-5-15-27-20-11-9-19(10-12-20)24(25)31-21-13-7-18(8-14-21)22-17-23(33)35-34-22/h7-14,17H,3-6,15-16H2,1-2H3. The normalized spacial score (nSPS) is 11.4. The van der Waals surface area contributed by atoms with E-state index in [0.717, 1.165) is 14.3 Å². The van der Waals surface area contributed by atoms with Gasteiger partial charge in [-0.3, -0.25) is 13.6 Å². The van der Waals surface area contributed by atoms with Gasteiger partial charge in [-0.05, 0) is 86.8 Å². The molecule has 0 N–H and O–H groups in total. The van der Waals surface area contributed by atoms with Crippen molar-refractivity contribution in [1.82, 2.24) is 0 Å². The Hall–Kier alpha value is -1.91. The molecule has 11 heteroatoms. The maximum absolute atomic E-state index is 12.5. The minimum atomic E-state index is -3.47. The predicted octanol–water partition coefficient (Wildman–Crippen LogP) is 7.78. The van der Waals surface area contributed by atoms with Crippen molar-refractivity contribution in [3.8, 4) is 21.9 Å². The van der Waals surface area contributed by atoms with Crippen molar-refractivity contribution >= 4 is 46.7 Å². The van der Waals surface area contributed by atoms with Gasteiger partial charge in [0.1, 0.15) is 15.3 Å². The van der Waals surface area contributed by atoms with Crippen LogP contribution in [0.4, 0.5) is 0 Å². The van der Waals surface area contributed by atoms with Crippen molar-refractivity contribution in [2.75, 3.05) is 26.4 Å². The van der Waals surface area contributed by atoms with E-state index in [1.54, 1.807) is 70.9 Å². The second-order valence-electron chi connectivity index (χ2n) is 7.10. The summed E-state index contributed by atoms with van der Waals surface area (Å²) in [6.45, 7) is 4.66. The molecule has 2 aromatic carbocycles. The number of carbonyl (C=O) groups excluding carboxylic acids is 1. The van der Waals surface area contributed by atoms with Crippen molar-refractivity contribution in [2.45, 2.75) is 26.7 Å². The van der Waals surface area contributed by atoms with Crippen LogP contribution < -0.4 is 9.47 Å². The molecule has 3 rings (SSSR count). The average molecular weight is 555 g/mol. The van der Waals surface area contributed by atoms with Gasteiger partial charge < -0.3 is 9.47 Å². The molecule has 0 bridgehead atoms. The Labute approximate surface area is 217 Å². The van der Waals surface area contributed by atoms with E-state index in [2.05, 4.69) is 0 Å². The van der Waals surface area contributed by atoms with Crippen LogP contribution in [0.2, 0.25) is 0 Å². The molecular formula is C24H27O7PS3. The highest BCUT2D eigenvalue weighted by Crippen LogP contribution is 2.49. The lowest BCUT2D eigenvalue weighted by molar-refractivity contribution is 0.0734. The Bertz CT molecular complexity index is 1160. The van der Waals surface area contributed by atoms with Gasteiger partial charge in [-0.1, -0.05) is 32.9 Å². The molecule has 0 amide bonds. The molecule has 0 atom stereocenters. The SMILES string of the molecule is CCOP(=O)(OCC)OCCCCOc1ccc(C(=O)Oc2ccc(-c3cc(=S)ss3)cc2)cc1. The van der Waals surface area contributed by atoms with Crippen LogP contribution in [0, 0.1) is 3.82 Å². The lowest BCUT2D eigenvalue weighted by Crippen LogP contribution is -2.08. The molecule has 0 aliphatic rings. The van der Waals surface area contributed by atoms with Gasteiger partial charge in [0, 0.05) is 4.88 Å². The summed E-state index contributed by atoms with van der Waals surface area (Å²) in [6.07, 6.45) is 1.33. The predicted molar refractivity (Wildman–Crippen MR) is 141 cm³/mol. The summed E-state index contributed by atoms with van der Waals surface area (Å²) in [4.78, 5) is 13.6. The molecule has 188 valence electrons.